The van der Waals surface area contributed by atoms with Gasteiger partial charge in [0.1, 0.15) is 0 Å². The Balaban J connectivity index is 2.68. The summed E-state index contributed by atoms with van der Waals surface area (Å²) in [5, 5.41) is 0. The van der Waals surface area contributed by atoms with Gasteiger partial charge in [-0.2, -0.15) is 0 Å². The summed E-state index contributed by atoms with van der Waals surface area (Å²) in [6.45, 7) is 9.63. The fraction of sp³-hybridized carbons (Fsp3) is 1.00. The van der Waals surface area contributed by atoms with Crippen LogP contribution in [0.2, 0.25) is 0 Å². The maximum absolute atomic E-state index is 5.99. The van der Waals surface area contributed by atoms with Gasteiger partial charge in [-0.3, -0.25) is 0 Å². The average Bonchev–Trinajstić information content (AvgIpc) is 2.02. The zero-order valence-electron chi connectivity index (χ0n) is 10.1. The van der Waals surface area contributed by atoms with Gasteiger partial charge in [-0.15, -0.1) is 0 Å². The molecule has 1 aliphatic heterocycles. The quantitative estimate of drug-likeness (QED) is 0.666. The molecule has 0 bridgehead atoms. The molecule has 0 amide bonds. The molecule has 0 aromatic heterocycles. The topological polar surface area (TPSA) is 21.7 Å². The highest BCUT2D eigenvalue weighted by Crippen LogP contribution is 2.51. The van der Waals surface area contributed by atoms with Gasteiger partial charge in [0.25, 0.3) is 8.53 Å². The van der Waals surface area contributed by atoms with Gasteiger partial charge in [-0.25, -0.2) is 4.67 Å². The van der Waals surface area contributed by atoms with Crippen LogP contribution in [0.5, 0.6) is 0 Å². The molecule has 0 aliphatic carbocycles. The number of hydrogen-bond acceptors (Lipinski definition) is 3. The van der Waals surface area contributed by atoms with E-state index in [2.05, 4.69) is 27.7 Å². The van der Waals surface area contributed by atoms with Crippen LogP contribution < -0.4 is 0 Å². The van der Waals surface area contributed by atoms with E-state index < -0.39 is 8.53 Å². The van der Waals surface area contributed by atoms with Crippen LogP contribution in [0.15, 0.2) is 0 Å². The zero-order chi connectivity index (χ0) is 10.9. The summed E-state index contributed by atoms with van der Waals surface area (Å²) in [4.78, 5) is 0. The molecule has 84 valence electrons. The third kappa shape index (κ3) is 2.66. The van der Waals surface area contributed by atoms with Gasteiger partial charge < -0.3 is 9.05 Å². The summed E-state index contributed by atoms with van der Waals surface area (Å²) < 4.78 is 13.7. The lowest BCUT2D eigenvalue weighted by Gasteiger charge is -2.44. The molecule has 0 aromatic rings. The van der Waals surface area contributed by atoms with Crippen molar-refractivity contribution in [1.82, 2.24) is 4.67 Å². The van der Waals surface area contributed by atoms with E-state index in [1.54, 1.807) is 0 Å². The third-order valence-electron chi connectivity index (χ3n) is 2.45. The van der Waals surface area contributed by atoms with Gasteiger partial charge in [0.15, 0.2) is 0 Å². The highest BCUT2D eigenvalue weighted by Gasteiger charge is 2.41. The van der Waals surface area contributed by atoms with E-state index in [1.807, 2.05) is 18.8 Å². The highest BCUT2D eigenvalue weighted by molar-refractivity contribution is 7.44. The Morgan fingerprint density at radius 2 is 1.93 bits per heavy atom. The van der Waals surface area contributed by atoms with Crippen molar-refractivity contribution in [3.05, 3.63) is 0 Å². The minimum absolute atomic E-state index is 0.128. The third-order valence-corrected chi connectivity index (χ3v) is 3.86. The first-order chi connectivity index (χ1) is 6.34. The Morgan fingerprint density at radius 1 is 1.36 bits per heavy atom. The molecular formula is C10H22NO2P. The molecule has 4 heteroatoms. The zero-order valence-corrected chi connectivity index (χ0v) is 11.0. The van der Waals surface area contributed by atoms with Crippen LogP contribution in [0.4, 0.5) is 0 Å². The molecule has 1 heterocycles. The van der Waals surface area contributed by atoms with Crippen LogP contribution >= 0.6 is 8.53 Å². The molecule has 1 saturated heterocycles. The molecule has 0 unspecified atom stereocenters. The first-order valence-electron chi connectivity index (χ1n) is 5.11. The second-order valence-corrected chi connectivity index (χ2v) is 6.86. The number of hydrogen-bond donors (Lipinski definition) is 0. The minimum atomic E-state index is -0.828. The van der Waals surface area contributed by atoms with E-state index in [0.717, 1.165) is 6.61 Å². The summed E-state index contributed by atoms with van der Waals surface area (Å²) in [6, 6.07) is 0. The lowest BCUT2D eigenvalue weighted by Crippen LogP contribution is -2.43. The second-order valence-electron chi connectivity index (χ2n) is 5.12. The molecule has 0 aromatic carbocycles. The van der Waals surface area contributed by atoms with Crippen molar-refractivity contribution >= 4 is 8.53 Å². The van der Waals surface area contributed by atoms with Crippen molar-refractivity contribution < 1.29 is 9.05 Å². The summed E-state index contributed by atoms with van der Waals surface area (Å²) in [5.41, 5.74) is 0.128. The molecule has 1 fully saturated rings. The molecule has 3 nitrogen and oxygen atoms in total. The maximum Gasteiger partial charge on any atom is 0.258 e. The minimum Gasteiger partial charge on any atom is -0.321 e. The van der Waals surface area contributed by atoms with Crippen molar-refractivity contribution in [2.45, 2.75) is 33.8 Å². The second kappa shape index (κ2) is 4.44. The van der Waals surface area contributed by atoms with Crippen molar-refractivity contribution in [3.63, 3.8) is 0 Å². The predicted octanol–water partition coefficient (Wildman–Crippen LogP) is 2.87. The fourth-order valence-corrected chi connectivity index (χ4v) is 3.45. The van der Waals surface area contributed by atoms with Crippen LogP contribution in [0.3, 0.4) is 0 Å². The first-order valence-corrected chi connectivity index (χ1v) is 6.24. The Kier molecular flexibility index (Phi) is 3.93. The smallest absolute Gasteiger partial charge is 0.258 e. The van der Waals surface area contributed by atoms with Crippen LogP contribution in [-0.4, -0.2) is 31.5 Å². The Morgan fingerprint density at radius 3 is 2.36 bits per heavy atom. The number of nitrogens with zero attached hydrogens (tertiary/aromatic N) is 1. The molecule has 1 aliphatic rings. The Labute approximate surface area is 88.7 Å². The lowest BCUT2D eigenvalue weighted by atomic mass is 9.81. The standard InChI is InChI=1S/C10H22NO2P/c1-8(2)9-10(3,4)7-12-14(13-9)11(5)6/h8-9H,7H2,1-6H3/t9-,14-/m0/s1. The van der Waals surface area contributed by atoms with Gasteiger partial charge in [0, 0.05) is 5.41 Å². The van der Waals surface area contributed by atoms with E-state index >= 15 is 0 Å². The molecule has 0 radical (unpaired) electrons. The summed E-state index contributed by atoms with van der Waals surface area (Å²) in [6.07, 6.45) is 0.296. The van der Waals surface area contributed by atoms with Gasteiger partial charge in [-0.05, 0) is 20.0 Å². The van der Waals surface area contributed by atoms with E-state index in [1.165, 1.54) is 0 Å². The fourth-order valence-electron chi connectivity index (χ4n) is 1.81. The van der Waals surface area contributed by atoms with Gasteiger partial charge in [0.2, 0.25) is 0 Å². The maximum atomic E-state index is 5.99. The van der Waals surface area contributed by atoms with E-state index in [9.17, 15) is 0 Å². The lowest BCUT2D eigenvalue weighted by molar-refractivity contribution is -0.0423. The van der Waals surface area contributed by atoms with Crippen LogP contribution in [0, 0.1) is 11.3 Å². The summed E-state index contributed by atoms with van der Waals surface area (Å²) in [7, 11) is 3.18. The van der Waals surface area contributed by atoms with Crippen molar-refractivity contribution in [3.8, 4) is 0 Å². The molecule has 1 rings (SSSR count). The molecule has 2 atom stereocenters. The van der Waals surface area contributed by atoms with Crippen molar-refractivity contribution in [1.29, 1.82) is 0 Å². The molecule has 0 N–H and O–H groups in total. The van der Waals surface area contributed by atoms with E-state index in [4.69, 9.17) is 9.05 Å². The van der Waals surface area contributed by atoms with Crippen LogP contribution in [0.25, 0.3) is 0 Å². The number of rotatable bonds is 2. The summed E-state index contributed by atoms with van der Waals surface area (Å²) in [5.74, 6) is 0.541. The van der Waals surface area contributed by atoms with E-state index in [0.29, 0.717) is 12.0 Å². The Hall–Kier alpha value is 0.310. The monoisotopic (exact) mass is 219 g/mol. The summed E-state index contributed by atoms with van der Waals surface area (Å²) >= 11 is 0. The van der Waals surface area contributed by atoms with Gasteiger partial charge >= 0.3 is 0 Å². The molecular weight excluding hydrogens is 197 g/mol. The van der Waals surface area contributed by atoms with Crippen molar-refractivity contribution in [2.75, 3.05) is 20.7 Å². The Bertz CT molecular complexity index is 195. The normalized spacial score (nSPS) is 32.6. The van der Waals surface area contributed by atoms with Crippen LogP contribution in [0.1, 0.15) is 27.7 Å². The predicted molar refractivity (Wildman–Crippen MR) is 60.1 cm³/mol. The van der Waals surface area contributed by atoms with Crippen molar-refractivity contribution in [2.24, 2.45) is 11.3 Å². The highest BCUT2D eigenvalue weighted by atomic mass is 31.2. The molecule has 0 saturated carbocycles. The van der Waals surface area contributed by atoms with Gasteiger partial charge in [-0.1, -0.05) is 27.7 Å². The molecule has 0 spiro atoms. The SMILES string of the molecule is CC(C)[C@@H]1O[P@@](N(C)C)OCC1(C)C. The first kappa shape index (κ1) is 12.4. The van der Waals surface area contributed by atoms with Gasteiger partial charge in [0.05, 0.1) is 12.7 Å². The van der Waals surface area contributed by atoms with E-state index in [-0.39, 0.29) is 5.41 Å². The molecule has 14 heavy (non-hydrogen) atoms. The largest absolute Gasteiger partial charge is 0.321 e. The van der Waals surface area contributed by atoms with Crippen LogP contribution in [-0.2, 0) is 9.05 Å². The average molecular weight is 219 g/mol.